The number of ether oxygens (including phenoxy) is 1. The SMILES string of the molecule is COC(CN)CC(=O)N(CCC(N)=O)c1cccc(C)c1. The standard InChI is InChI=1S/C15H23N3O3/c1-11-4-3-5-12(8-11)18(7-6-14(17)19)15(20)9-13(10-16)21-2/h3-5,8,13H,6-7,9-10,16H2,1-2H3,(H2,17,19). The van der Waals surface area contributed by atoms with Crippen LogP contribution in [-0.4, -0.2) is 38.1 Å². The molecule has 0 aliphatic carbocycles. The molecule has 0 aromatic heterocycles. The number of methoxy groups -OCH3 is 1. The fourth-order valence-corrected chi connectivity index (χ4v) is 1.98. The molecule has 1 unspecified atom stereocenters. The quantitative estimate of drug-likeness (QED) is 0.732. The fraction of sp³-hybridized carbons (Fsp3) is 0.467. The van der Waals surface area contributed by atoms with Gasteiger partial charge in [0.25, 0.3) is 0 Å². The minimum Gasteiger partial charge on any atom is -0.380 e. The molecule has 0 spiro atoms. The lowest BCUT2D eigenvalue weighted by molar-refractivity contribution is -0.121. The Morgan fingerprint density at radius 1 is 1.38 bits per heavy atom. The maximum atomic E-state index is 12.4. The first-order chi connectivity index (χ1) is 9.97. The molecule has 0 bridgehead atoms. The van der Waals surface area contributed by atoms with Gasteiger partial charge in [0, 0.05) is 32.3 Å². The molecule has 1 atom stereocenters. The normalized spacial score (nSPS) is 12.0. The van der Waals surface area contributed by atoms with Gasteiger partial charge < -0.3 is 21.1 Å². The van der Waals surface area contributed by atoms with Crippen molar-refractivity contribution in [2.24, 2.45) is 11.5 Å². The number of nitrogens with zero attached hydrogens (tertiary/aromatic N) is 1. The van der Waals surface area contributed by atoms with Gasteiger partial charge in [-0.1, -0.05) is 12.1 Å². The number of aryl methyl sites for hydroxylation is 1. The molecule has 1 rings (SSSR count). The van der Waals surface area contributed by atoms with E-state index in [0.717, 1.165) is 11.3 Å². The van der Waals surface area contributed by atoms with E-state index in [-0.39, 0.29) is 37.9 Å². The van der Waals surface area contributed by atoms with E-state index in [9.17, 15) is 9.59 Å². The van der Waals surface area contributed by atoms with E-state index in [1.54, 1.807) is 4.90 Å². The molecule has 0 aliphatic rings. The van der Waals surface area contributed by atoms with Crippen molar-refractivity contribution in [2.45, 2.75) is 25.9 Å². The molecule has 21 heavy (non-hydrogen) atoms. The summed E-state index contributed by atoms with van der Waals surface area (Å²) >= 11 is 0. The van der Waals surface area contributed by atoms with Crippen LogP contribution in [0, 0.1) is 6.92 Å². The third-order valence-electron chi connectivity index (χ3n) is 3.19. The summed E-state index contributed by atoms with van der Waals surface area (Å²) in [7, 11) is 1.52. The van der Waals surface area contributed by atoms with Crippen LogP contribution >= 0.6 is 0 Å². The number of benzene rings is 1. The Bertz CT molecular complexity index is 487. The van der Waals surface area contributed by atoms with Crippen LogP contribution in [0.2, 0.25) is 0 Å². The van der Waals surface area contributed by atoms with Gasteiger partial charge in [0.15, 0.2) is 0 Å². The number of rotatable bonds is 8. The highest BCUT2D eigenvalue weighted by Crippen LogP contribution is 2.18. The minimum absolute atomic E-state index is 0.111. The number of primary amides is 1. The Kier molecular flexibility index (Phi) is 6.84. The van der Waals surface area contributed by atoms with Gasteiger partial charge >= 0.3 is 0 Å². The second-order valence-electron chi connectivity index (χ2n) is 4.90. The van der Waals surface area contributed by atoms with E-state index in [1.165, 1.54) is 7.11 Å². The molecular formula is C15H23N3O3. The summed E-state index contributed by atoms with van der Waals surface area (Å²) in [5.74, 6) is -0.582. The summed E-state index contributed by atoms with van der Waals surface area (Å²) in [4.78, 5) is 25.0. The van der Waals surface area contributed by atoms with Crippen molar-refractivity contribution in [1.82, 2.24) is 0 Å². The van der Waals surface area contributed by atoms with Crippen LogP contribution in [0.3, 0.4) is 0 Å². The Morgan fingerprint density at radius 3 is 2.62 bits per heavy atom. The summed E-state index contributed by atoms with van der Waals surface area (Å²) in [6, 6.07) is 7.53. The first-order valence-electron chi connectivity index (χ1n) is 6.86. The van der Waals surface area contributed by atoms with E-state index in [1.807, 2.05) is 31.2 Å². The van der Waals surface area contributed by atoms with Gasteiger partial charge in [-0.05, 0) is 24.6 Å². The van der Waals surface area contributed by atoms with Crippen LogP contribution in [-0.2, 0) is 14.3 Å². The second kappa shape index (κ2) is 8.39. The molecule has 0 heterocycles. The number of carbonyl (C=O) groups is 2. The maximum absolute atomic E-state index is 12.4. The van der Waals surface area contributed by atoms with Gasteiger partial charge in [0.05, 0.1) is 12.5 Å². The Balaban J connectivity index is 2.90. The molecule has 0 aliphatic heterocycles. The highest BCUT2D eigenvalue weighted by atomic mass is 16.5. The van der Waals surface area contributed by atoms with E-state index < -0.39 is 5.91 Å². The largest absolute Gasteiger partial charge is 0.380 e. The Labute approximate surface area is 125 Å². The monoisotopic (exact) mass is 293 g/mol. The molecule has 1 aromatic carbocycles. The van der Waals surface area contributed by atoms with Crippen LogP contribution < -0.4 is 16.4 Å². The Morgan fingerprint density at radius 2 is 2.10 bits per heavy atom. The number of hydrogen-bond donors (Lipinski definition) is 2. The summed E-state index contributed by atoms with van der Waals surface area (Å²) in [5, 5.41) is 0. The number of anilines is 1. The Hall–Kier alpha value is -1.92. The summed E-state index contributed by atoms with van der Waals surface area (Å²) in [6.07, 6.45) is -0.0574. The van der Waals surface area contributed by atoms with Gasteiger partial charge in [0.1, 0.15) is 0 Å². The smallest absolute Gasteiger partial charge is 0.229 e. The maximum Gasteiger partial charge on any atom is 0.229 e. The summed E-state index contributed by atoms with van der Waals surface area (Å²) < 4.78 is 5.14. The van der Waals surface area contributed by atoms with E-state index in [4.69, 9.17) is 16.2 Å². The molecule has 6 nitrogen and oxygen atoms in total. The molecule has 0 radical (unpaired) electrons. The molecular weight excluding hydrogens is 270 g/mol. The highest BCUT2D eigenvalue weighted by molar-refractivity contribution is 5.94. The van der Waals surface area contributed by atoms with Gasteiger partial charge in [-0.15, -0.1) is 0 Å². The third-order valence-corrected chi connectivity index (χ3v) is 3.19. The molecule has 116 valence electrons. The summed E-state index contributed by atoms with van der Waals surface area (Å²) in [5.41, 5.74) is 12.5. The third kappa shape index (κ3) is 5.53. The zero-order chi connectivity index (χ0) is 15.8. The lowest BCUT2D eigenvalue weighted by atomic mass is 10.1. The number of hydrogen-bond acceptors (Lipinski definition) is 4. The van der Waals surface area contributed by atoms with Crippen LogP contribution in [0.4, 0.5) is 5.69 Å². The average molecular weight is 293 g/mol. The molecule has 0 saturated heterocycles. The van der Waals surface area contributed by atoms with Crippen LogP contribution in [0.1, 0.15) is 18.4 Å². The minimum atomic E-state index is -0.442. The first kappa shape index (κ1) is 17.1. The van der Waals surface area contributed by atoms with E-state index >= 15 is 0 Å². The molecule has 1 aromatic rings. The van der Waals surface area contributed by atoms with Gasteiger partial charge in [-0.2, -0.15) is 0 Å². The molecule has 0 fully saturated rings. The van der Waals surface area contributed by atoms with Gasteiger partial charge in [-0.25, -0.2) is 0 Å². The molecule has 2 amide bonds. The average Bonchev–Trinajstić information content (AvgIpc) is 2.44. The summed E-state index contributed by atoms with van der Waals surface area (Å²) in [6.45, 7) is 2.45. The van der Waals surface area contributed by atoms with Gasteiger partial charge in [-0.3, -0.25) is 9.59 Å². The van der Waals surface area contributed by atoms with Crippen LogP contribution in [0.15, 0.2) is 24.3 Å². The zero-order valence-electron chi connectivity index (χ0n) is 12.5. The van der Waals surface area contributed by atoms with Crippen molar-refractivity contribution in [1.29, 1.82) is 0 Å². The van der Waals surface area contributed by atoms with Gasteiger partial charge in [0.2, 0.25) is 11.8 Å². The fourth-order valence-electron chi connectivity index (χ4n) is 1.98. The van der Waals surface area contributed by atoms with E-state index in [0.29, 0.717) is 0 Å². The predicted molar refractivity (Wildman–Crippen MR) is 81.8 cm³/mol. The van der Waals surface area contributed by atoms with E-state index in [2.05, 4.69) is 0 Å². The van der Waals surface area contributed by atoms with Crippen LogP contribution in [0.25, 0.3) is 0 Å². The first-order valence-corrected chi connectivity index (χ1v) is 6.86. The van der Waals surface area contributed by atoms with Crippen molar-refractivity contribution < 1.29 is 14.3 Å². The van der Waals surface area contributed by atoms with Crippen molar-refractivity contribution in [2.75, 3.05) is 25.1 Å². The predicted octanol–water partition coefficient (Wildman–Crippen LogP) is 0.567. The lowest BCUT2D eigenvalue weighted by Gasteiger charge is -2.24. The highest BCUT2D eigenvalue weighted by Gasteiger charge is 2.20. The van der Waals surface area contributed by atoms with Crippen molar-refractivity contribution in [3.8, 4) is 0 Å². The molecule has 6 heteroatoms. The second-order valence-corrected chi connectivity index (χ2v) is 4.90. The number of carbonyl (C=O) groups excluding carboxylic acids is 2. The molecule has 0 saturated carbocycles. The number of amides is 2. The molecule has 4 N–H and O–H groups in total. The van der Waals surface area contributed by atoms with Crippen molar-refractivity contribution in [3.63, 3.8) is 0 Å². The zero-order valence-corrected chi connectivity index (χ0v) is 12.5. The van der Waals surface area contributed by atoms with Crippen molar-refractivity contribution in [3.05, 3.63) is 29.8 Å². The number of nitrogens with two attached hydrogens (primary N) is 2. The topological polar surface area (TPSA) is 98.7 Å². The lowest BCUT2D eigenvalue weighted by Crippen LogP contribution is -2.38. The van der Waals surface area contributed by atoms with Crippen molar-refractivity contribution >= 4 is 17.5 Å². The van der Waals surface area contributed by atoms with Crippen LogP contribution in [0.5, 0.6) is 0 Å².